The Morgan fingerprint density at radius 2 is 2.05 bits per heavy atom. The van der Waals surface area contributed by atoms with Gasteiger partial charge in [0.05, 0.1) is 34.0 Å². The molecule has 1 amide bonds. The van der Waals surface area contributed by atoms with Crippen LogP contribution in [0.5, 0.6) is 0 Å². The molecule has 1 aromatic carbocycles. The number of amides is 1. The van der Waals surface area contributed by atoms with E-state index in [0.29, 0.717) is 32.8 Å². The minimum Gasteiger partial charge on any atom is -0.373 e. The van der Waals surface area contributed by atoms with Crippen LogP contribution in [0.1, 0.15) is 12.8 Å². The van der Waals surface area contributed by atoms with E-state index in [1.807, 2.05) is 0 Å². The maximum Gasteiger partial charge on any atom is 0.239 e. The Morgan fingerprint density at radius 3 is 2.79 bits per heavy atom. The maximum absolute atomic E-state index is 11.6. The Kier molecular flexibility index (Phi) is 3.47. The highest BCUT2D eigenvalue weighted by Crippen LogP contribution is 2.35. The van der Waals surface area contributed by atoms with Crippen molar-refractivity contribution in [1.82, 2.24) is 14.1 Å². The van der Waals surface area contributed by atoms with Crippen LogP contribution in [0.4, 0.5) is 5.69 Å². The molecule has 1 fully saturated rings. The normalized spacial score (nSPS) is 14.6. The number of benzene rings is 1. The minimum atomic E-state index is -0.0511. The van der Waals surface area contributed by atoms with E-state index in [4.69, 9.17) is 23.2 Å². The Bertz CT molecular complexity index is 641. The van der Waals surface area contributed by atoms with Gasteiger partial charge in [-0.3, -0.25) is 4.79 Å². The van der Waals surface area contributed by atoms with Crippen molar-refractivity contribution in [3.8, 4) is 0 Å². The third kappa shape index (κ3) is 2.75. The zero-order valence-corrected chi connectivity index (χ0v) is 12.1. The van der Waals surface area contributed by atoms with Crippen molar-refractivity contribution in [2.24, 2.45) is 0 Å². The lowest BCUT2D eigenvalue weighted by atomic mass is 10.2. The van der Waals surface area contributed by atoms with E-state index in [1.165, 1.54) is 0 Å². The fraction of sp³-hybridized carbons (Fsp3) is 0.364. The summed E-state index contributed by atoms with van der Waals surface area (Å²) < 4.78 is 8.26. The lowest BCUT2D eigenvalue weighted by Crippen LogP contribution is -2.31. The quantitative estimate of drug-likeness (QED) is 0.910. The molecule has 100 valence electrons. The van der Waals surface area contributed by atoms with Gasteiger partial charge < -0.3 is 10.6 Å². The Hall–Kier alpha value is -1.11. The Morgan fingerprint density at radius 1 is 1.32 bits per heavy atom. The van der Waals surface area contributed by atoms with Crippen molar-refractivity contribution in [1.29, 1.82) is 0 Å². The van der Waals surface area contributed by atoms with Crippen LogP contribution in [0.3, 0.4) is 0 Å². The molecule has 1 aromatic heterocycles. The van der Waals surface area contributed by atoms with E-state index in [2.05, 4.69) is 19.4 Å². The van der Waals surface area contributed by atoms with Gasteiger partial charge in [-0.2, -0.15) is 8.75 Å². The number of carbonyl (C=O) groups is 1. The van der Waals surface area contributed by atoms with Crippen LogP contribution in [0.25, 0.3) is 11.0 Å². The molecule has 1 saturated carbocycles. The summed E-state index contributed by atoms with van der Waals surface area (Å²) in [6.45, 7) is 0.157. The molecular weight excluding hydrogens is 307 g/mol. The van der Waals surface area contributed by atoms with Crippen LogP contribution in [0.15, 0.2) is 6.07 Å². The van der Waals surface area contributed by atoms with Gasteiger partial charge in [-0.1, -0.05) is 23.2 Å². The lowest BCUT2D eigenvalue weighted by Gasteiger charge is -2.09. The first-order valence-corrected chi connectivity index (χ1v) is 7.27. The van der Waals surface area contributed by atoms with Gasteiger partial charge in [0.15, 0.2) is 0 Å². The number of rotatable bonds is 4. The minimum absolute atomic E-state index is 0.0511. The van der Waals surface area contributed by atoms with Crippen molar-refractivity contribution < 1.29 is 4.79 Å². The molecule has 0 radical (unpaired) electrons. The number of halogens is 2. The van der Waals surface area contributed by atoms with E-state index < -0.39 is 0 Å². The number of anilines is 1. The number of fused-ring (bicyclic) bond motifs is 1. The smallest absolute Gasteiger partial charge is 0.239 e. The molecule has 0 aliphatic heterocycles. The number of hydrogen-bond donors (Lipinski definition) is 2. The number of nitrogens with one attached hydrogen (secondary N) is 2. The number of aromatic nitrogens is 2. The molecule has 3 rings (SSSR count). The zero-order valence-electron chi connectivity index (χ0n) is 9.74. The molecule has 0 unspecified atom stereocenters. The molecule has 5 nitrogen and oxygen atoms in total. The van der Waals surface area contributed by atoms with E-state index >= 15 is 0 Å². The van der Waals surface area contributed by atoms with Crippen molar-refractivity contribution in [2.75, 3.05) is 11.9 Å². The first-order valence-electron chi connectivity index (χ1n) is 5.78. The van der Waals surface area contributed by atoms with Gasteiger partial charge in [0.2, 0.25) is 5.91 Å². The standard InChI is InChI=1S/C11H10Cl2N4OS/c12-6-3-7(13)10-11(17-19-16-10)9(6)14-4-8(18)15-5-1-2-5/h3,5,14H,1-2,4H2,(H,15,18). The summed E-state index contributed by atoms with van der Waals surface area (Å²) in [6.07, 6.45) is 2.13. The summed E-state index contributed by atoms with van der Waals surface area (Å²) in [6, 6.07) is 1.95. The summed E-state index contributed by atoms with van der Waals surface area (Å²) in [5, 5.41) is 6.79. The number of nitrogens with zero attached hydrogens (tertiary/aromatic N) is 2. The van der Waals surface area contributed by atoms with Gasteiger partial charge >= 0.3 is 0 Å². The van der Waals surface area contributed by atoms with Gasteiger partial charge in [0.1, 0.15) is 11.0 Å². The lowest BCUT2D eigenvalue weighted by molar-refractivity contribution is -0.119. The van der Waals surface area contributed by atoms with Crippen molar-refractivity contribution in [2.45, 2.75) is 18.9 Å². The van der Waals surface area contributed by atoms with Gasteiger partial charge in [0, 0.05) is 6.04 Å². The summed E-state index contributed by atoms with van der Waals surface area (Å²) in [4.78, 5) is 11.6. The fourth-order valence-corrected chi connectivity index (χ4v) is 2.90. The monoisotopic (exact) mass is 316 g/mol. The van der Waals surface area contributed by atoms with E-state index in [1.54, 1.807) is 6.07 Å². The average Bonchev–Trinajstić information content (AvgIpc) is 3.03. The molecule has 8 heteroatoms. The first kappa shape index (κ1) is 12.9. The summed E-state index contributed by atoms with van der Waals surface area (Å²) in [7, 11) is 0. The zero-order chi connectivity index (χ0) is 13.4. The second-order valence-electron chi connectivity index (χ2n) is 4.37. The molecular formula is C11H10Cl2N4OS. The average molecular weight is 317 g/mol. The van der Waals surface area contributed by atoms with Crippen LogP contribution in [0.2, 0.25) is 10.0 Å². The molecule has 0 saturated heterocycles. The van der Waals surface area contributed by atoms with Gasteiger partial charge in [-0.15, -0.1) is 0 Å². The van der Waals surface area contributed by atoms with Crippen molar-refractivity contribution >= 4 is 57.6 Å². The first-order chi connectivity index (χ1) is 9.15. The molecule has 19 heavy (non-hydrogen) atoms. The van der Waals surface area contributed by atoms with E-state index in [9.17, 15) is 4.79 Å². The third-order valence-corrected chi connectivity index (χ3v) is 3.93. The third-order valence-electron chi connectivity index (χ3n) is 2.81. The van der Waals surface area contributed by atoms with Gasteiger partial charge in [0.25, 0.3) is 0 Å². The predicted molar refractivity (Wildman–Crippen MR) is 77.1 cm³/mol. The molecule has 0 atom stereocenters. The Labute approximate surface area is 123 Å². The summed E-state index contributed by atoms with van der Waals surface area (Å²) in [5.74, 6) is -0.0511. The summed E-state index contributed by atoms with van der Waals surface area (Å²) >= 11 is 13.2. The molecule has 0 bridgehead atoms. The second-order valence-corrected chi connectivity index (χ2v) is 5.71. The Balaban J connectivity index is 1.79. The van der Waals surface area contributed by atoms with E-state index in [-0.39, 0.29) is 12.5 Å². The second kappa shape index (κ2) is 5.11. The van der Waals surface area contributed by atoms with Crippen LogP contribution in [-0.4, -0.2) is 27.2 Å². The van der Waals surface area contributed by atoms with Crippen molar-refractivity contribution in [3.63, 3.8) is 0 Å². The van der Waals surface area contributed by atoms with Crippen LogP contribution in [0, 0.1) is 0 Å². The predicted octanol–water partition coefficient (Wildman–Crippen LogP) is 2.69. The van der Waals surface area contributed by atoms with E-state index in [0.717, 1.165) is 24.6 Å². The maximum atomic E-state index is 11.6. The SMILES string of the molecule is O=C(CNc1c(Cl)cc(Cl)c2nsnc12)NC1CC1. The highest BCUT2D eigenvalue weighted by molar-refractivity contribution is 7.00. The van der Waals surface area contributed by atoms with Crippen LogP contribution < -0.4 is 10.6 Å². The number of carbonyl (C=O) groups excluding carboxylic acids is 1. The van der Waals surface area contributed by atoms with Gasteiger partial charge in [-0.25, -0.2) is 0 Å². The molecule has 1 aliphatic carbocycles. The molecule has 1 aliphatic rings. The topological polar surface area (TPSA) is 66.9 Å². The highest BCUT2D eigenvalue weighted by Gasteiger charge is 2.23. The van der Waals surface area contributed by atoms with Crippen LogP contribution in [-0.2, 0) is 4.79 Å². The molecule has 2 aromatic rings. The number of hydrogen-bond acceptors (Lipinski definition) is 5. The highest BCUT2D eigenvalue weighted by atomic mass is 35.5. The van der Waals surface area contributed by atoms with Crippen LogP contribution >= 0.6 is 34.9 Å². The fourth-order valence-electron chi connectivity index (χ4n) is 1.72. The summed E-state index contributed by atoms with van der Waals surface area (Å²) in [5.41, 5.74) is 1.80. The molecule has 0 spiro atoms. The van der Waals surface area contributed by atoms with Gasteiger partial charge in [-0.05, 0) is 18.9 Å². The molecule has 1 heterocycles. The molecule has 2 N–H and O–H groups in total. The largest absolute Gasteiger partial charge is 0.373 e. The van der Waals surface area contributed by atoms with Crippen molar-refractivity contribution in [3.05, 3.63) is 16.1 Å².